The zero-order valence-corrected chi connectivity index (χ0v) is 11.2. The fourth-order valence-corrected chi connectivity index (χ4v) is 2.20. The molecule has 0 bridgehead atoms. The van der Waals surface area contributed by atoms with Gasteiger partial charge in [-0.15, -0.1) is 0 Å². The quantitative estimate of drug-likeness (QED) is 0.904. The topological polar surface area (TPSA) is 72.0 Å². The maximum atomic E-state index is 11.1. The number of nitrogens with one attached hydrogen (secondary N) is 1. The Morgan fingerprint density at radius 2 is 2.06 bits per heavy atom. The molecule has 0 spiro atoms. The Morgan fingerprint density at radius 3 is 2.78 bits per heavy atom. The van der Waals surface area contributed by atoms with Crippen LogP contribution in [0.2, 0.25) is 0 Å². The number of rotatable bonds is 4. The molecular formula is C12H15N3O2S. The van der Waals surface area contributed by atoms with Gasteiger partial charge in [0.25, 0.3) is 0 Å². The molecule has 2 aromatic rings. The molecule has 6 heteroatoms. The summed E-state index contributed by atoms with van der Waals surface area (Å²) >= 11 is 0. The lowest BCUT2D eigenvalue weighted by Gasteiger charge is -2.08. The second-order valence-corrected chi connectivity index (χ2v) is 6.51. The molecule has 0 saturated carbocycles. The molecule has 1 aromatic heterocycles. The molecule has 96 valence electrons. The van der Waals surface area contributed by atoms with Gasteiger partial charge in [0.2, 0.25) is 0 Å². The van der Waals surface area contributed by atoms with Gasteiger partial charge < -0.3 is 5.32 Å². The lowest BCUT2D eigenvalue weighted by molar-refractivity contribution is 0.602. The summed E-state index contributed by atoms with van der Waals surface area (Å²) in [5, 5.41) is 3.95. The summed E-state index contributed by atoms with van der Waals surface area (Å²) in [5.74, 6) is 0.761. The normalized spacial score (nSPS) is 11.7. The highest BCUT2D eigenvalue weighted by Crippen LogP contribution is 2.21. The summed E-state index contributed by atoms with van der Waals surface area (Å²) in [6, 6.07) is 5.84. The molecule has 0 amide bonds. The number of aryl methyl sites for hydroxylation is 1. The first-order valence-electron chi connectivity index (χ1n) is 5.59. The average molecular weight is 265 g/mol. The Labute approximate surface area is 106 Å². The van der Waals surface area contributed by atoms with Crippen LogP contribution in [0, 0.1) is 6.92 Å². The fourth-order valence-electron chi connectivity index (χ4n) is 1.73. The van der Waals surface area contributed by atoms with Crippen molar-refractivity contribution in [3.63, 3.8) is 0 Å². The van der Waals surface area contributed by atoms with Gasteiger partial charge in [-0.3, -0.25) is 0 Å². The van der Waals surface area contributed by atoms with Crippen LogP contribution in [0.15, 0.2) is 24.5 Å². The van der Waals surface area contributed by atoms with Crippen molar-refractivity contribution in [2.24, 2.45) is 0 Å². The summed E-state index contributed by atoms with van der Waals surface area (Å²) in [7, 11) is -2.96. The molecule has 0 aliphatic carbocycles. The van der Waals surface area contributed by atoms with Crippen LogP contribution in [0.4, 0.5) is 5.82 Å². The third-order valence-corrected chi connectivity index (χ3v) is 3.58. The molecular weight excluding hydrogens is 250 g/mol. The molecule has 1 aromatic carbocycles. The first-order chi connectivity index (χ1) is 8.47. The third-order valence-electron chi connectivity index (χ3n) is 2.63. The zero-order valence-electron chi connectivity index (χ0n) is 10.3. The number of aromatic nitrogens is 2. The largest absolute Gasteiger partial charge is 0.368 e. The van der Waals surface area contributed by atoms with E-state index in [1.807, 2.05) is 25.1 Å². The minimum Gasteiger partial charge on any atom is -0.368 e. The van der Waals surface area contributed by atoms with Gasteiger partial charge in [0.05, 0.1) is 11.3 Å². The Balaban J connectivity index is 2.26. The molecule has 0 aliphatic rings. The second kappa shape index (κ2) is 4.89. The molecule has 18 heavy (non-hydrogen) atoms. The average Bonchev–Trinajstić information content (AvgIpc) is 2.29. The minimum atomic E-state index is -2.96. The van der Waals surface area contributed by atoms with Crippen molar-refractivity contribution < 1.29 is 8.42 Å². The number of anilines is 1. The van der Waals surface area contributed by atoms with E-state index in [0.717, 1.165) is 16.5 Å². The molecule has 0 radical (unpaired) electrons. The van der Waals surface area contributed by atoms with E-state index >= 15 is 0 Å². The molecule has 0 atom stereocenters. The smallest absolute Gasteiger partial charge is 0.149 e. The van der Waals surface area contributed by atoms with Crippen molar-refractivity contribution in [1.29, 1.82) is 0 Å². The van der Waals surface area contributed by atoms with Gasteiger partial charge in [0, 0.05) is 18.2 Å². The predicted octanol–water partition coefficient (Wildman–Crippen LogP) is 1.39. The maximum Gasteiger partial charge on any atom is 0.149 e. The van der Waals surface area contributed by atoms with Crippen molar-refractivity contribution >= 4 is 26.6 Å². The summed E-state index contributed by atoms with van der Waals surface area (Å²) in [6.07, 6.45) is 2.70. The first-order valence-corrected chi connectivity index (χ1v) is 7.65. The van der Waals surface area contributed by atoms with E-state index in [1.165, 1.54) is 12.6 Å². The maximum absolute atomic E-state index is 11.1. The summed E-state index contributed by atoms with van der Waals surface area (Å²) in [4.78, 5) is 8.38. The van der Waals surface area contributed by atoms with E-state index in [9.17, 15) is 8.42 Å². The van der Waals surface area contributed by atoms with Gasteiger partial charge in [0.15, 0.2) is 0 Å². The highest BCUT2D eigenvalue weighted by molar-refractivity contribution is 7.90. The first kappa shape index (κ1) is 12.8. The molecule has 0 fully saturated rings. The fraction of sp³-hybridized carbons (Fsp3) is 0.333. The molecule has 1 heterocycles. The van der Waals surface area contributed by atoms with Crippen LogP contribution in [0.5, 0.6) is 0 Å². The van der Waals surface area contributed by atoms with Crippen LogP contribution in [0.3, 0.4) is 0 Å². The Kier molecular flexibility index (Phi) is 3.47. The number of benzene rings is 1. The molecule has 1 N–H and O–H groups in total. The Hall–Kier alpha value is -1.69. The van der Waals surface area contributed by atoms with E-state index in [-0.39, 0.29) is 5.75 Å². The molecule has 0 saturated heterocycles. The Morgan fingerprint density at radius 1 is 1.28 bits per heavy atom. The third kappa shape index (κ3) is 2.95. The summed E-state index contributed by atoms with van der Waals surface area (Å²) in [6.45, 7) is 2.33. The van der Waals surface area contributed by atoms with E-state index in [1.54, 1.807) is 0 Å². The lowest BCUT2D eigenvalue weighted by atomic mass is 10.1. The van der Waals surface area contributed by atoms with Gasteiger partial charge in [-0.1, -0.05) is 12.1 Å². The summed E-state index contributed by atoms with van der Waals surface area (Å²) in [5.41, 5.74) is 1.95. The van der Waals surface area contributed by atoms with Gasteiger partial charge >= 0.3 is 0 Å². The number of fused-ring (bicyclic) bond motifs is 1. The van der Waals surface area contributed by atoms with E-state index in [0.29, 0.717) is 12.4 Å². The number of nitrogens with zero attached hydrogens (tertiary/aromatic N) is 2. The van der Waals surface area contributed by atoms with Crippen LogP contribution in [-0.2, 0) is 9.84 Å². The molecule has 2 rings (SSSR count). The van der Waals surface area contributed by atoms with Crippen molar-refractivity contribution in [2.45, 2.75) is 6.92 Å². The highest BCUT2D eigenvalue weighted by atomic mass is 32.2. The number of hydrogen-bond acceptors (Lipinski definition) is 5. The highest BCUT2D eigenvalue weighted by Gasteiger charge is 2.06. The van der Waals surface area contributed by atoms with Crippen molar-refractivity contribution in [1.82, 2.24) is 9.97 Å². The molecule has 0 aliphatic heterocycles. The number of sulfone groups is 1. The van der Waals surface area contributed by atoms with Crippen LogP contribution >= 0.6 is 0 Å². The SMILES string of the molecule is Cc1cccc2c(NCCS(C)(=O)=O)ncnc12. The van der Waals surface area contributed by atoms with Crippen molar-refractivity contribution in [2.75, 3.05) is 23.9 Å². The monoisotopic (exact) mass is 265 g/mol. The van der Waals surface area contributed by atoms with Gasteiger partial charge in [0.1, 0.15) is 22.0 Å². The van der Waals surface area contributed by atoms with Crippen molar-refractivity contribution in [3.05, 3.63) is 30.1 Å². The molecule has 0 unspecified atom stereocenters. The van der Waals surface area contributed by atoms with Crippen LogP contribution in [0.25, 0.3) is 10.9 Å². The van der Waals surface area contributed by atoms with Gasteiger partial charge in [-0.25, -0.2) is 18.4 Å². The summed E-state index contributed by atoms with van der Waals surface area (Å²) < 4.78 is 22.1. The number of hydrogen-bond donors (Lipinski definition) is 1. The Bertz CT molecular complexity index is 668. The van der Waals surface area contributed by atoms with Gasteiger partial charge in [-0.2, -0.15) is 0 Å². The van der Waals surface area contributed by atoms with Crippen LogP contribution in [-0.4, -0.2) is 36.9 Å². The zero-order chi connectivity index (χ0) is 13.2. The van der Waals surface area contributed by atoms with Crippen LogP contribution < -0.4 is 5.32 Å². The standard InChI is InChI=1S/C12H15N3O2S/c1-9-4-3-5-10-11(9)14-8-15-12(10)13-6-7-18(2,16)17/h3-5,8H,6-7H2,1-2H3,(H,13,14,15). The van der Waals surface area contributed by atoms with E-state index in [4.69, 9.17) is 0 Å². The van der Waals surface area contributed by atoms with Gasteiger partial charge in [-0.05, 0) is 18.6 Å². The predicted molar refractivity (Wildman–Crippen MR) is 72.5 cm³/mol. The second-order valence-electron chi connectivity index (χ2n) is 4.25. The minimum absolute atomic E-state index is 0.0876. The van der Waals surface area contributed by atoms with E-state index in [2.05, 4.69) is 15.3 Å². The van der Waals surface area contributed by atoms with Crippen molar-refractivity contribution in [3.8, 4) is 0 Å². The van der Waals surface area contributed by atoms with Crippen LogP contribution in [0.1, 0.15) is 5.56 Å². The van der Waals surface area contributed by atoms with E-state index < -0.39 is 9.84 Å². The molecule has 5 nitrogen and oxygen atoms in total. The lowest BCUT2D eigenvalue weighted by Crippen LogP contribution is -2.15. The number of para-hydroxylation sites is 1.